The monoisotopic (exact) mass is 219 g/mol. The Morgan fingerprint density at radius 2 is 2.25 bits per heavy atom. The normalized spacial score (nSPS) is 10.1. The Labute approximate surface area is 93.5 Å². The van der Waals surface area contributed by atoms with Crippen LogP contribution in [0.5, 0.6) is 5.88 Å². The molecule has 0 aliphatic rings. The predicted molar refractivity (Wildman–Crippen MR) is 59.4 cm³/mol. The van der Waals surface area contributed by atoms with Gasteiger partial charge in [0.25, 0.3) is 0 Å². The van der Waals surface area contributed by atoms with Gasteiger partial charge in [-0.05, 0) is 19.1 Å². The van der Waals surface area contributed by atoms with Crippen LogP contribution in [0.15, 0.2) is 28.9 Å². The molecule has 0 amide bonds. The van der Waals surface area contributed by atoms with E-state index in [4.69, 9.17) is 9.15 Å². The van der Waals surface area contributed by atoms with Crippen LogP contribution >= 0.6 is 0 Å². The molecule has 5 nitrogen and oxygen atoms in total. The number of rotatable bonds is 4. The number of nitrogens with one attached hydrogen (secondary N) is 1. The fraction of sp³-hybridized carbons (Fsp3) is 0.273. The Balaban J connectivity index is 1.99. The quantitative estimate of drug-likeness (QED) is 0.852. The van der Waals surface area contributed by atoms with E-state index in [1.807, 2.05) is 19.1 Å². The van der Waals surface area contributed by atoms with E-state index in [0.717, 1.165) is 11.5 Å². The number of furan rings is 1. The maximum absolute atomic E-state index is 5.42. The summed E-state index contributed by atoms with van der Waals surface area (Å²) in [6.07, 6.45) is 1.45. The highest BCUT2D eigenvalue weighted by Crippen LogP contribution is 2.12. The van der Waals surface area contributed by atoms with Gasteiger partial charge in [-0.2, -0.15) is 0 Å². The third kappa shape index (κ3) is 2.50. The second-order valence-electron chi connectivity index (χ2n) is 3.31. The van der Waals surface area contributed by atoms with E-state index in [1.54, 1.807) is 13.2 Å². The number of nitrogens with zero attached hydrogens (tertiary/aromatic N) is 2. The highest BCUT2D eigenvalue weighted by molar-refractivity contribution is 5.37. The van der Waals surface area contributed by atoms with E-state index in [-0.39, 0.29) is 0 Å². The molecular formula is C11H13N3O2. The topological polar surface area (TPSA) is 60.2 Å². The molecule has 0 aliphatic heterocycles. The zero-order valence-corrected chi connectivity index (χ0v) is 9.23. The van der Waals surface area contributed by atoms with Crippen LogP contribution in [-0.2, 0) is 6.54 Å². The highest BCUT2D eigenvalue weighted by Gasteiger charge is 2.00. The third-order valence-corrected chi connectivity index (χ3v) is 2.09. The fourth-order valence-electron chi connectivity index (χ4n) is 1.31. The molecule has 0 atom stereocenters. The van der Waals surface area contributed by atoms with Crippen molar-refractivity contribution in [2.45, 2.75) is 13.5 Å². The molecule has 84 valence electrons. The number of ether oxygens (including phenoxy) is 1. The van der Waals surface area contributed by atoms with Crippen LogP contribution < -0.4 is 10.1 Å². The van der Waals surface area contributed by atoms with Crippen LogP contribution in [-0.4, -0.2) is 17.1 Å². The summed E-state index contributed by atoms with van der Waals surface area (Å²) in [6.45, 7) is 2.51. The molecule has 2 aromatic rings. The molecule has 2 aromatic heterocycles. The van der Waals surface area contributed by atoms with E-state index in [1.165, 1.54) is 6.33 Å². The minimum Gasteiger partial charge on any atom is -0.481 e. The maximum atomic E-state index is 5.42. The second-order valence-corrected chi connectivity index (χ2v) is 3.31. The number of aromatic nitrogens is 2. The average molecular weight is 219 g/mol. The first-order valence-electron chi connectivity index (χ1n) is 4.93. The predicted octanol–water partition coefficient (Wildman–Crippen LogP) is 2.00. The molecule has 0 radical (unpaired) electrons. The van der Waals surface area contributed by atoms with Gasteiger partial charge in [-0.25, -0.2) is 9.97 Å². The van der Waals surface area contributed by atoms with Gasteiger partial charge in [-0.3, -0.25) is 0 Å². The first kappa shape index (κ1) is 10.5. The Bertz CT molecular complexity index is 468. The Morgan fingerprint density at radius 3 is 2.94 bits per heavy atom. The standard InChI is InChI=1S/C11H13N3O2/c1-8-3-4-9(16-8)6-12-10-5-11(15-2)14-7-13-10/h3-5,7H,6H2,1-2H3,(H,12,13,14). The smallest absolute Gasteiger partial charge is 0.218 e. The zero-order chi connectivity index (χ0) is 11.4. The molecule has 1 N–H and O–H groups in total. The van der Waals surface area contributed by atoms with Crippen molar-refractivity contribution in [3.8, 4) is 5.88 Å². The number of aryl methyl sites for hydroxylation is 1. The van der Waals surface area contributed by atoms with Crippen LogP contribution in [0.4, 0.5) is 5.82 Å². The van der Waals surface area contributed by atoms with E-state index in [9.17, 15) is 0 Å². The molecule has 0 spiro atoms. The lowest BCUT2D eigenvalue weighted by molar-refractivity contribution is 0.397. The number of hydrogen-bond acceptors (Lipinski definition) is 5. The Hall–Kier alpha value is -2.04. The summed E-state index contributed by atoms with van der Waals surface area (Å²) in [5, 5.41) is 3.12. The summed E-state index contributed by atoms with van der Waals surface area (Å²) in [4.78, 5) is 7.99. The van der Waals surface area contributed by atoms with E-state index in [0.29, 0.717) is 18.2 Å². The van der Waals surface area contributed by atoms with Crippen LogP contribution in [0.2, 0.25) is 0 Å². The number of hydrogen-bond donors (Lipinski definition) is 1. The highest BCUT2D eigenvalue weighted by atomic mass is 16.5. The summed E-state index contributed by atoms with van der Waals surface area (Å²) in [7, 11) is 1.57. The first-order chi connectivity index (χ1) is 7.78. The van der Waals surface area contributed by atoms with E-state index in [2.05, 4.69) is 15.3 Å². The van der Waals surface area contributed by atoms with Crippen LogP contribution in [0.25, 0.3) is 0 Å². The van der Waals surface area contributed by atoms with Crippen LogP contribution in [0.1, 0.15) is 11.5 Å². The summed E-state index contributed by atoms with van der Waals surface area (Å²) in [6, 6.07) is 5.59. The summed E-state index contributed by atoms with van der Waals surface area (Å²) < 4.78 is 10.4. The third-order valence-electron chi connectivity index (χ3n) is 2.09. The van der Waals surface area contributed by atoms with Crippen LogP contribution in [0.3, 0.4) is 0 Å². The van der Waals surface area contributed by atoms with Crippen molar-refractivity contribution in [2.24, 2.45) is 0 Å². The zero-order valence-electron chi connectivity index (χ0n) is 9.23. The minimum absolute atomic E-state index is 0.535. The summed E-state index contributed by atoms with van der Waals surface area (Å²) >= 11 is 0. The number of anilines is 1. The van der Waals surface area contributed by atoms with Gasteiger partial charge in [0.05, 0.1) is 13.7 Å². The van der Waals surface area contributed by atoms with Crippen molar-refractivity contribution >= 4 is 5.82 Å². The average Bonchev–Trinajstić information content (AvgIpc) is 2.73. The van der Waals surface area contributed by atoms with Gasteiger partial charge in [0.1, 0.15) is 23.7 Å². The molecule has 5 heteroatoms. The Kier molecular flexibility index (Phi) is 3.05. The fourth-order valence-corrected chi connectivity index (χ4v) is 1.31. The molecule has 0 saturated carbocycles. The molecule has 2 heterocycles. The van der Waals surface area contributed by atoms with Gasteiger partial charge in [0.2, 0.25) is 5.88 Å². The van der Waals surface area contributed by atoms with Gasteiger partial charge in [-0.15, -0.1) is 0 Å². The van der Waals surface area contributed by atoms with Gasteiger partial charge < -0.3 is 14.5 Å². The molecule has 0 saturated heterocycles. The second kappa shape index (κ2) is 4.65. The maximum Gasteiger partial charge on any atom is 0.218 e. The van der Waals surface area contributed by atoms with Gasteiger partial charge in [0.15, 0.2) is 0 Å². The lowest BCUT2D eigenvalue weighted by Crippen LogP contribution is -2.01. The molecular weight excluding hydrogens is 206 g/mol. The van der Waals surface area contributed by atoms with Gasteiger partial charge in [0, 0.05) is 6.07 Å². The van der Waals surface area contributed by atoms with Crippen molar-refractivity contribution in [3.05, 3.63) is 36.0 Å². The molecule has 0 bridgehead atoms. The molecule has 16 heavy (non-hydrogen) atoms. The van der Waals surface area contributed by atoms with E-state index < -0.39 is 0 Å². The molecule has 0 fully saturated rings. The lowest BCUT2D eigenvalue weighted by atomic mass is 10.4. The Morgan fingerprint density at radius 1 is 1.38 bits per heavy atom. The van der Waals surface area contributed by atoms with E-state index >= 15 is 0 Å². The molecule has 0 aliphatic carbocycles. The van der Waals surface area contributed by atoms with Gasteiger partial charge in [-0.1, -0.05) is 0 Å². The summed E-state index contributed by atoms with van der Waals surface area (Å²) in [5.41, 5.74) is 0. The molecule has 0 unspecified atom stereocenters. The van der Waals surface area contributed by atoms with Crippen molar-refractivity contribution in [3.63, 3.8) is 0 Å². The van der Waals surface area contributed by atoms with Crippen molar-refractivity contribution in [2.75, 3.05) is 12.4 Å². The first-order valence-corrected chi connectivity index (χ1v) is 4.93. The number of methoxy groups -OCH3 is 1. The van der Waals surface area contributed by atoms with Crippen LogP contribution in [0, 0.1) is 6.92 Å². The minimum atomic E-state index is 0.535. The van der Waals surface area contributed by atoms with Crippen molar-refractivity contribution in [1.82, 2.24) is 9.97 Å². The molecule has 0 aromatic carbocycles. The van der Waals surface area contributed by atoms with Crippen molar-refractivity contribution < 1.29 is 9.15 Å². The largest absolute Gasteiger partial charge is 0.481 e. The van der Waals surface area contributed by atoms with Gasteiger partial charge >= 0.3 is 0 Å². The molecule has 2 rings (SSSR count). The summed E-state index contributed by atoms with van der Waals surface area (Å²) in [5.74, 6) is 3.01. The lowest BCUT2D eigenvalue weighted by Gasteiger charge is -2.04. The SMILES string of the molecule is COc1cc(NCc2ccc(C)o2)ncn1. The van der Waals surface area contributed by atoms with Crippen molar-refractivity contribution in [1.29, 1.82) is 0 Å².